The largest absolute Gasteiger partial charge is 0.335 e. The predicted molar refractivity (Wildman–Crippen MR) is 87.5 cm³/mol. The van der Waals surface area contributed by atoms with Crippen LogP contribution in [-0.4, -0.2) is 22.9 Å². The number of nitrogens with one attached hydrogen (secondary N) is 2. The second-order valence-electron chi connectivity index (χ2n) is 5.40. The number of amidine groups is 1. The molecule has 1 aliphatic heterocycles. The van der Waals surface area contributed by atoms with Gasteiger partial charge < -0.3 is 10.6 Å². The fourth-order valence-electron chi connectivity index (χ4n) is 2.10. The number of anilines is 2. The summed E-state index contributed by atoms with van der Waals surface area (Å²) in [6.45, 7) is 6.89. The van der Waals surface area contributed by atoms with E-state index in [9.17, 15) is 4.79 Å². The second-order valence-corrected chi connectivity index (χ2v) is 6.69. The van der Waals surface area contributed by atoms with Crippen LogP contribution in [0.25, 0.3) is 0 Å². The molecule has 0 aromatic heterocycles. The number of rotatable bonds is 4. The van der Waals surface area contributed by atoms with Gasteiger partial charge in [-0.2, -0.15) is 0 Å². The molecule has 0 bridgehead atoms. The third-order valence-corrected chi connectivity index (χ3v) is 4.04. The predicted octanol–water partition coefficient (Wildman–Crippen LogP) is 3.57. The molecule has 1 aromatic carbocycles. The van der Waals surface area contributed by atoms with Gasteiger partial charge in [0.1, 0.15) is 0 Å². The van der Waals surface area contributed by atoms with Crippen LogP contribution in [0.3, 0.4) is 0 Å². The Hall–Kier alpha value is -1.49. The Balaban J connectivity index is 1.86. The van der Waals surface area contributed by atoms with Crippen LogP contribution in [-0.2, 0) is 4.79 Å². The van der Waals surface area contributed by atoms with Crippen molar-refractivity contribution in [3.8, 4) is 0 Å². The number of carbonyl (C=O) groups is 1. The van der Waals surface area contributed by atoms with Crippen molar-refractivity contribution >= 4 is 34.2 Å². The zero-order chi connectivity index (χ0) is 14.5. The van der Waals surface area contributed by atoms with Gasteiger partial charge in [0.05, 0.1) is 6.54 Å². The van der Waals surface area contributed by atoms with E-state index in [4.69, 9.17) is 0 Å². The molecule has 0 fully saturated rings. The van der Waals surface area contributed by atoms with E-state index in [1.807, 2.05) is 36.0 Å². The van der Waals surface area contributed by atoms with Crippen LogP contribution in [0.1, 0.15) is 27.2 Å². The maximum Gasteiger partial charge on any atom is 0.221 e. The summed E-state index contributed by atoms with van der Waals surface area (Å²) in [7, 11) is 0. The van der Waals surface area contributed by atoms with E-state index in [1.54, 1.807) is 0 Å². The first-order valence-electron chi connectivity index (χ1n) is 6.88. The van der Waals surface area contributed by atoms with Gasteiger partial charge in [0, 0.05) is 23.5 Å². The van der Waals surface area contributed by atoms with Gasteiger partial charge in [-0.15, -0.1) is 0 Å². The average molecular weight is 291 g/mol. The summed E-state index contributed by atoms with van der Waals surface area (Å²) >= 11 is 1.82. The van der Waals surface area contributed by atoms with Crippen molar-refractivity contribution in [2.45, 2.75) is 32.4 Å². The fraction of sp³-hybridized carbons (Fsp3) is 0.467. The number of hydrogen-bond acceptors (Lipinski definition) is 4. The fourth-order valence-corrected chi connectivity index (χ4v) is 3.37. The average Bonchev–Trinajstić information content (AvgIpc) is 2.77. The summed E-state index contributed by atoms with van der Waals surface area (Å²) in [5.74, 6) is 0.650. The Morgan fingerprint density at radius 1 is 1.35 bits per heavy atom. The number of nitrogens with zero attached hydrogens (tertiary/aromatic N) is 1. The molecule has 2 N–H and O–H groups in total. The molecule has 1 unspecified atom stereocenters. The van der Waals surface area contributed by atoms with Gasteiger partial charge in [0.2, 0.25) is 5.91 Å². The summed E-state index contributed by atoms with van der Waals surface area (Å²) in [5, 5.41) is 7.66. The Kier molecular flexibility index (Phi) is 5.06. The van der Waals surface area contributed by atoms with Crippen LogP contribution in [0.2, 0.25) is 0 Å². The van der Waals surface area contributed by atoms with Crippen LogP contribution in [0.5, 0.6) is 0 Å². The first-order valence-corrected chi connectivity index (χ1v) is 7.76. The molecular weight excluding hydrogens is 270 g/mol. The maximum absolute atomic E-state index is 11.0. The zero-order valence-electron chi connectivity index (χ0n) is 12.1. The highest BCUT2D eigenvalue weighted by molar-refractivity contribution is 8.15. The molecule has 4 nitrogen and oxygen atoms in total. The molecule has 1 heterocycles. The minimum atomic E-state index is -0.0574. The molecule has 108 valence electrons. The lowest BCUT2D eigenvalue weighted by atomic mass is 10.1. The van der Waals surface area contributed by atoms with Crippen LogP contribution in [0.4, 0.5) is 11.4 Å². The standard InChI is InChI=1S/C15H21N3OS/c1-10(2)8-14-9-16-15(20-14)18-13-6-4-12(5-7-13)17-11(3)19/h4-7,10,14H,8-9H2,1-3H3,(H,16,18)(H,17,19). The Bertz CT molecular complexity index is 496. The minimum absolute atomic E-state index is 0.0574. The molecule has 0 aliphatic carbocycles. The van der Waals surface area contributed by atoms with Crippen molar-refractivity contribution < 1.29 is 4.79 Å². The topological polar surface area (TPSA) is 53.5 Å². The third kappa shape index (κ3) is 4.56. The summed E-state index contributed by atoms with van der Waals surface area (Å²) < 4.78 is 0. The van der Waals surface area contributed by atoms with E-state index in [0.29, 0.717) is 11.2 Å². The lowest BCUT2D eigenvalue weighted by Gasteiger charge is -2.11. The summed E-state index contributed by atoms with van der Waals surface area (Å²) in [5.41, 5.74) is 1.80. The summed E-state index contributed by atoms with van der Waals surface area (Å²) in [6.07, 6.45) is 1.20. The highest BCUT2D eigenvalue weighted by atomic mass is 32.2. The Morgan fingerprint density at radius 3 is 2.60 bits per heavy atom. The zero-order valence-corrected chi connectivity index (χ0v) is 13.0. The number of carbonyl (C=O) groups excluding carboxylic acids is 1. The summed E-state index contributed by atoms with van der Waals surface area (Å²) in [6, 6.07) is 7.67. The molecule has 0 saturated carbocycles. The van der Waals surface area contributed by atoms with E-state index >= 15 is 0 Å². The van der Waals surface area contributed by atoms with Crippen LogP contribution >= 0.6 is 11.8 Å². The lowest BCUT2D eigenvalue weighted by molar-refractivity contribution is -0.114. The van der Waals surface area contributed by atoms with Crippen molar-refractivity contribution in [3.05, 3.63) is 24.3 Å². The van der Waals surface area contributed by atoms with E-state index < -0.39 is 0 Å². The molecule has 1 aliphatic rings. The monoisotopic (exact) mass is 291 g/mol. The highest BCUT2D eigenvalue weighted by Gasteiger charge is 2.20. The number of amides is 1. The van der Waals surface area contributed by atoms with Crippen molar-refractivity contribution in [1.29, 1.82) is 0 Å². The second kappa shape index (κ2) is 6.79. The van der Waals surface area contributed by atoms with Crippen molar-refractivity contribution in [3.63, 3.8) is 0 Å². The smallest absolute Gasteiger partial charge is 0.221 e. The normalized spacial score (nSPS) is 18.0. The SMILES string of the molecule is CC(=O)Nc1ccc(NC2=NCC(CC(C)C)S2)cc1. The van der Waals surface area contributed by atoms with E-state index in [1.165, 1.54) is 13.3 Å². The van der Waals surface area contributed by atoms with E-state index in [2.05, 4.69) is 29.5 Å². The van der Waals surface area contributed by atoms with Crippen LogP contribution < -0.4 is 10.6 Å². The molecular formula is C15H21N3OS. The van der Waals surface area contributed by atoms with Gasteiger partial charge >= 0.3 is 0 Å². The lowest BCUT2D eigenvalue weighted by Crippen LogP contribution is -2.10. The van der Waals surface area contributed by atoms with Gasteiger partial charge in [-0.1, -0.05) is 25.6 Å². The van der Waals surface area contributed by atoms with Gasteiger partial charge in [0.15, 0.2) is 5.17 Å². The van der Waals surface area contributed by atoms with Crippen molar-refractivity contribution in [1.82, 2.24) is 0 Å². The first-order chi connectivity index (χ1) is 9.52. The molecule has 1 atom stereocenters. The van der Waals surface area contributed by atoms with Crippen LogP contribution in [0, 0.1) is 5.92 Å². The molecule has 0 spiro atoms. The minimum Gasteiger partial charge on any atom is -0.335 e. The molecule has 20 heavy (non-hydrogen) atoms. The van der Waals surface area contributed by atoms with E-state index in [-0.39, 0.29) is 5.91 Å². The molecule has 2 rings (SSSR count). The van der Waals surface area contributed by atoms with E-state index in [0.717, 1.165) is 23.1 Å². The van der Waals surface area contributed by atoms with Gasteiger partial charge in [-0.3, -0.25) is 9.79 Å². The van der Waals surface area contributed by atoms with Crippen molar-refractivity contribution in [2.24, 2.45) is 10.9 Å². The van der Waals surface area contributed by atoms with Gasteiger partial charge in [-0.25, -0.2) is 0 Å². The molecule has 5 heteroatoms. The number of aliphatic imine (C=N–C) groups is 1. The molecule has 0 saturated heterocycles. The highest BCUT2D eigenvalue weighted by Crippen LogP contribution is 2.27. The molecule has 1 aromatic rings. The quantitative estimate of drug-likeness (QED) is 0.891. The van der Waals surface area contributed by atoms with Gasteiger partial charge in [-0.05, 0) is 36.6 Å². The Labute approximate surface area is 124 Å². The number of benzene rings is 1. The number of thioether (sulfide) groups is 1. The molecule has 1 amide bonds. The van der Waals surface area contributed by atoms with Crippen LogP contribution in [0.15, 0.2) is 29.3 Å². The third-order valence-electron chi connectivity index (χ3n) is 2.91. The summed E-state index contributed by atoms with van der Waals surface area (Å²) in [4.78, 5) is 15.5. The van der Waals surface area contributed by atoms with Crippen molar-refractivity contribution in [2.75, 3.05) is 17.2 Å². The number of hydrogen-bond donors (Lipinski definition) is 2. The van der Waals surface area contributed by atoms with Gasteiger partial charge in [0.25, 0.3) is 0 Å². The first kappa shape index (κ1) is 14.9. The maximum atomic E-state index is 11.0. The Morgan fingerprint density at radius 2 is 2.00 bits per heavy atom. The molecule has 0 radical (unpaired) electrons.